The molecule has 0 radical (unpaired) electrons. The van der Waals surface area contributed by atoms with Gasteiger partial charge in [0.15, 0.2) is 0 Å². The smallest absolute Gasteiger partial charge is 0.144 e. The summed E-state index contributed by atoms with van der Waals surface area (Å²) in [5, 5.41) is 7.12. The number of hydrogen-bond acceptors (Lipinski definition) is 4. The van der Waals surface area contributed by atoms with Gasteiger partial charge in [-0.2, -0.15) is 0 Å². The molecule has 4 nitrogen and oxygen atoms in total. The zero-order valence-electron chi connectivity index (χ0n) is 8.54. The molecule has 1 rings (SSSR count). The van der Waals surface area contributed by atoms with Crippen LogP contribution in [0.4, 0.5) is 0 Å². The Labute approximate surface area is 79.3 Å². The average molecular weight is 186 g/mol. The quantitative estimate of drug-likeness (QED) is 0.523. The maximum atomic E-state index is 5.61. The first kappa shape index (κ1) is 10.5. The molecular weight excluding hydrogens is 168 g/mol. The standard InChI is InChI=1S/C9H18N2O2/c1-7(2)11-12-6-9-5-10-4-8(3)13-9/h8-10H,4-6H2,1-3H3/t8-,9+/m1/s1. The van der Waals surface area contributed by atoms with Crippen LogP contribution in [0.3, 0.4) is 0 Å². The second-order valence-electron chi connectivity index (χ2n) is 3.56. The Morgan fingerprint density at radius 1 is 1.54 bits per heavy atom. The molecule has 2 atom stereocenters. The largest absolute Gasteiger partial charge is 0.393 e. The van der Waals surface area contributed by atoms with Gasteiger partial charge in [0.25, 0.3) is 0 Å². The molecule has 1 aliphatic heterocycles. The summed E-state index contributed by atoms with van der Waals surface area (Å²) in [6.07, 6.45) is 0.404. The van der Waals surface area contributed by atoms with Crippen molar-refractivity contribution in [1.29, 1.82) is 0 Å². The molecule has 0 spiro atoms. The van der Waals surface area contributed by atoms with E-state index in [1.165, 1.54) is 0 Å². The number of hydrogen-bond donors (Lipinski definition) is 1. The lowest BCUT2D eigenvalue weighted by Gasteiger charge is -2.27. The molecule has 76 valence electrons. The van der Waals surface area contributed by atoms with Crippen molar-refractivity contribution < 1.29 is 9.57 Å². The number of nitrogens with one attached hydrogen (secondary N) is 1. The molecule has 4 heteroatoms. The third-order valence-electron chi connectivity index (χ3n) is 1.74. The van der Waals surface area contributed by atoms with Crippen molar-refractivity contribution in [1.82, 2.24) is 5.32 Å². The summed E-state index contributed by atoms with van der Waals surface area (Å²) < 4.78 is 5.61. The lowest BCUT2D eigenvalue weighted by atomic mass is 10.2. The fraction of sp³-hybridized carbons (Fsp3) is 0.889. The van der Waals surface area contributed by atoms with Gasteiger partial charge in [-0.25, -0.2) is 0 Å². The van der Waals surface area contributed by atoms with Crippen molar-refractivity contribution in [3.8, 4) is 0 Å². The van der Waals surface area contributed by atoms with Gasteiger partial charge >= 0.3 is 0 Å². The van der Waals surface area contributed by atoms with E-state index >= 15 is 0 Å². The zero-order chi connectivity index (χ0) is 9.68. The van der Waals surface area contributed by atoms with Crippen molar-refractivity contribution in [2.75, 3.05) is 19.7 Å². The van der Waals surface area contributed by atoms with Crippen LogP contribution in [-0.2, 0) is 9.57 Å². The van der Waals surface area contributed by atoms with E-state index in [1.54, 1.807) is 0 Å². The minimum Gasteiger partial charge on any atom is -0.393 e. The van der Waals surface area contributed by atoms with E-state index in [2.05, 4.69) is 10.5 Å². The highest BCUT2D eigenvalue weighted by Crippen LogP contribution is 2.03. The van der Waals surface area contributed by atoms with Crippen LogP contribution >= 0.6 is 0 Å². The maximum absolute atomic E-state index is 5.61. The molecule has 1 fully saturated rings. The van der Waals surface area contributed by atoms with Crippen LogP contribution in [0.15, 0.2) is 5.16 Å². The molecule has 0 aromatic heterocycles. The summed E-state index contributed by atoms with van der Waals surface area (Å²) in [6.45, 7) is 8.16. The summed E-state index contributed by atoms with van der Waals surface area (Å²) >= 11 is 0. The van der Waals surface area contributed by atoms with Gasteiger partial charge in [-0.15, -0.1) is 0 Å². The third-order valence-corrected chi connectivity index (χ3v) is 1.74. The number of rotatable bonds is 3. The predicted molar refractivity (Wildman–Crippen MR) is 51.9 cm³/mol. The highest BCUT2D eigenvalue weighted by atomic mass is 16.6. The van der Waals surface area contributed by atoms with Gasteiger partial charge in [0.2, 0.25) is 0 Å². The third kappa shape index (κ3) is 4.24. The number of ether oxygens (including phenoxy) is 1. The minimum absolute atomic E-state index is 0.131. The summed E-state index contributed by atoms with van der Waals surface area (Å²) in [6, 6.07) is 0. The van der Waals surface area contributed by atoms with Gasteiger partial charge in [0.05, 0.1) is 11.8 Å². The normalized spacial score (nSPS) is 28.2. The van der Waals surface area contributed by atoms with E-state index in [0.717, 1.165) is 18.8 Å². The SMILES string of the molecule is CC(C)=NOC[C@@H]1CNC[C@@H](C)O1. The van der Waals surface area contributed by atoms with Gasteiger partial charge in [-0.1, -0.05) is 5.16 Å². The van der Waals surface area contributed by atoms with Gasteiger partial charge in [-0.05, 0) is 20.8 Å². The molecule has 1 saturated heterocycles. The monoisotopic (exact) mass is 186 g/mol. The molecule has 1 N–H and O–H groups in total. The Balaban J connectivity index is 2.17. The van der Waals surface area contributed by atoms with E-state index in [4.69, 9.17) is 9.57 Å². The van der Waals surface area contributed by atoms with Crippen LogP contribution in [0.1, 0.15) is 20.8 Å². The molecule has 0 amide bonds. The van der Waals surface area contributed by atoms with Crippen LogP contribution in [0.2, 0.25) is 0 Å². The molecule has 0 bridgehead atoms. The first-order valence-corrected chi connectivity index (χ1v) is 4.68. The summed E-state index contributed by atoms with van der Waals surface area (Å²) in [5.74, 6) is 0. The van der Waals surface area contributed by atoms with E-state index < -0.39 is 0 Å². The Morgan fingerprint density at radius 3 is 2.92 bits per heavy atom. The maximum Gasteiger partial charge on any atom is 0.144 e. The molecular formula is C9H18N2O2. The van der Waals surface area contributed by atoms with E-state index in [9.17, 15) is 0 Å². The van der Waals surface area contributed by atoms with Crippen molar-refractivity contribution in [2.24, 2.45) is 5.16 Å². The Kier molecular flexibility index (Phi) is 4.18. The topological polar surface area (TPSA) is 42.8 Å². The van der Waals surface area contributed by atoms with E-state index in [0.29, 0.717) is 6.61 Å². The molecule has 0 aliphatic carbocycles. The molecule has 13 heavy (non-hydrogen) atoms. The molecule has 1 aliphatic rings. The Morgan fingerprint density at radius 2 is 2.31 bits per heavy atom. The first-order valence-electron chi connectivity index (χ1n) is 4.68. The molecule has 0 aromatic carbocycles. The summed E-state index contributed by atoms with van der Waals surface area (Å²) in [7, 11) is 0. The van der Waals surface area contributed by atoms with Crippen LogP contribution in [0.5, 0.6) is 0 Å². The highest BCUT2D eigenvalue weighted by Gasteiger charge is 2.18. The van der Waals surface area contributed by atoms with Gasteiger partial charge in [0, 0.05) is 13.1 Å². The van der Waals surface area contributed by atoms with Crippen molar-refractivity contribution in [3.05, 3.63) is 0 Å². The van der Waals surface area contributed by atoms with Crippen molar-refractivity contribution in [3.63, 3.8) is 0 Å². The van der Waals surface area contributed by atoms with Gasteiger partial charge < -0.3 is 14.9 Å². The number of morpholine rings is 1. The number of nitrogens with zero attached hydrogens (tertiary/aromatic N) is 1. The fourth-order valence-corrected chi connectivity index (χ4v) is 1.22. The minimum atomic E-state index is 0.131. The average Bonchev–Trinajstić information content (AvgIpc) is 2.03. The van der Waals surface area contributed by atoms with E-state index in [1.807, 2.05) is 20.8 Å². The van der Waals surface area contributed by atoms with Crippen LogP contribution in [0, 0.1) is 0 Å². The van der Waals surface area contributed by atoms with Gasteiger partial charge in [-0.3, -0.25) is 0 Å². The lowest BCUT2D eigenvalue weighted by Crippen LogP contribution is -2.45. The zero-order valence-corrected chi connectivity index (χ0v) is 8.54. The summed E-state index contributed by atoms with van der Waals surface area (Å²) in [5.41, 5.74) is 0.928. The van der Waals surface area contributed by atoms with Gasteiger partial charge in [0.1, 0.15) is 12.7 Å². The molecule has 0 unspecified atom stereocenters. The summed E-state index contributed by atoms with van der Waals surface area (Å²) in [4.78, 5) is 5.11. The predicted octanol–water partition coefficient (Wildman–Crippen LogP) is 0.776. The number of oxime groups is 1. The fourth-order valence-electron chi connectivity index (χ4n) is 1.22. The van der Waals surface area contributed by atoms with Crippen LogP contribution < -0.4 is 5.32 Å². The first-order chi connectivity index (χ1) is 6.18. The molecule has 0 aromatic rings. The molecule has 0 saturated carbocycles. The highest BCUT2D eigenvalue weighted by molar-refractivity contribution is 5.78. The van der Waals surface area contributed by atoms with Crippen LogP contribution in [0.25, 0.3) is 0 Å². The second-order valence-corrected chi connectivity index (χ2v) is 3.56. The van der Waals surface area contributed by atoms with Crippen molar-refractivity contribution in [2.45, 2.75) is 33.0 Å². The van der Waals surface area contributed by atoms with Crippen molar-refractivity contribution >= 4 is 5.71 Å². The molecule has 1 heterocycles. The lowest BCUT2D eigenvalue weighted by molar-refractivity contribution is -0.0679. The Hall–Kier alpha value is -0.610. The Bertz CT molecular complexity index is 178. The van der Waals surface area contributed by atoms with Crippen LogP contribution in [-0.4, -0.2) is 37.6 Å². The second kappa shape index (κ2) is 5.19. The van der Waals surface area contributed by atoms with E-state index in [-0.39, 0.29) is 12.2 Å².